The van der Waals surface area contributed by atoms with E-state index in [2.05, 4.69) is 9.97 Å². The average Bonchev–Trinajstić information content (AvgIpc) is 2.24. The molecule has 2 rings (SSSR count). The Hall–Kier alpha value is -1.08. The van der Waals surface area contributed by atoms with Crippen LogP contribution in [0.25, 0.3) is 0 Å². The number of hydrogen-bond donors (Lipinski definition) is 0. The maximum absolute atomic E-state index is 3.78. The predicted octanol–water partition coefficient (Wildman–Crippen LogP) is 2.16. The monoisotopic (exact) mass is 260 g/mol. The van der Waals surface area contributed by atoms with Gasteiger partial charge in [0.25, 0.3) is 0 Å². The number of pyridine rings is 2. The van der Waals surface area contributed by atoms with Crippen molar-refractivity contribution in [1.82, 2.24) is 9.97 Å². The summed E-state index contributed by atoms with van der Waals surface area (Å²) in [4.78, 5) is 7.57. The van der Waals surface area contributed by atoms with Crippen LogP contribution in [0.3, 0.4) is 0 Å². The number of aromatic nitrogens is 2. The van der Waals surface area contributed by atoms with Crippen LogP contribution >= 0.6 is 0 Å². The van der Waals surface area contributed by atoms with Crippen molar-refractivity contribution in [2.75, 3.05) is 0 Å². The Labute approximate surface area is 90.8 Å². The molecular weight excluding hydrogens is 249 g/mol. The molecule has 0 bridgehead atoms. The fraction of sp³-hybridized carbons (Fsp3) is 0. The minimum Gasteiger partial charge on any atom is -0.265 e. The summed E-state index contributed by atoms with van der Waals surface area (Å²) in [6.07, 6.45) is 7.00. The molecule has 0 unspecified atom stereocenters. The van der Waals surface area contributed by atoms with Gasteiger partial charge < -0.3 is 0 Å². The topological polar surface area (TPSA) is 25.8 Å². The Morgan fingerprint density at radius 3 is 0.846 bits per heavy atom. The molecule has 0 spiro atoms. The van der Waals surface area contributed by atoms with E-state index in [-0.39, 0.29) is 19.5 Å². The predicted molar refractivity (Wildman–Crippen MR) is 48.5 cm³/mol. The van der Waals surface area contributed by atoms with E-state index >= 15 is 0 Å². The van der Waals surface area contributed by atoms with E-state index in [1.54, 1.807) is 24.8 Å². The first-order chi connectivity index (χ1) is 6.00. The van der Waals surface area contributed by atoms with Gasteiger partial charge in [0.1, 0.15) is 0 Å². The van der Waals surface area contributed by atoms with E-state index in [4.69, 9.17) is 0 Å². The molecule has 0 fully saturated rings. The van der Waals surface area contributed by atoms with Crippen LogP contribution in [-0.2, 0) is 19.5 Å². The molecule has 0 saturated heterocycles. The van der Waals surface area contributed by atoms with E-state index in [9.17, 15) is 0 Å². The molecule has 2 nitrogen and oxygen atoms in total. The number of hydrogen-bond acceptors (Lipinski definition) is 2. The van der Waals surface area contributed by atoms with Gasteiger partial charge in [0, 0.05) is 24.8 Å². The van der Waals surface area contributed by atoms with Crippen LogP contribution in [0.4, 0.5) is 0 Å². The van der Waals surface area contributed by atoms with Crippen molar-refractivity contribution in [2.24, 2.45) is 0 Å². The molecule has 0 amide bonds. The molecule has 13 heavy (non-hydrogen) atoms. The van der Waals surface area contributed by atoms with E-state index in [1.165, 1.54) is 0 Å². The summed E-state index contributed by atoms with van der Waals surface area (Å²) in [6, 6.07) is 11.4. The second kappa shape index (κ2) is 9.01. The first-order valence-corrected chi connectivity index (χ1v) is 3.70. The molecule has 0 saturated carbocycles. The van der Waals surface area contributed by atoms with Crippen LogP contribution in [0.2, 0.25) is 0 Å². The number of nitrogens with zero attached hydrogens (tertiary/aromatic N) is 2. The molecule has 2 aromatic rings. The van der Waals surface area contributed by atoms with Gasteiger partial charge in [-0.15, -0.1) is 0 Å². The van der Waals surface area contributed by atoms with Gasteiger partial charge in [-0.2, -0.15) is 0 Å². The van der Waals surface area contributed by atoms with Crippen molar-refractivity contribution >= 4 is 0 Å². The van der Waals surface area contributed by atoms with E-state index < -0.39 is 0 Å². The Morgan fingerprint density at radius 2 is 0.769 bits per heavy atom. The number of rotatable bonds is 0. The zero-order chi connectivity index (χ0) is 8.49. The van der Waals surface area contributed by atoms with E-state index in [0.717, 1.165) is 0 Å². The second-order valence-electron chi connectivity index (χ2n) is 2.05. The smallest absolute Gasteiger partial charge is 0.265 e. The summed E-state index contributed by atoms with van der Waals surface area (Å²) >= 11 is 0. The first kappa shape index (κ1) is 11.9. The fourth-order valence-electron chi connectivity index (χ4n) is 0.625. The van der Waals surface area contributed by atoms with Crippen LogP contribution < -0.4 is 0 Å². The standard InChI is InChI=1S/2C5H5N.Ru/c2*1-2-4-6-5-3-1;/h2*1-5H;/q;;+2. The fourth-order valence-corrected chi connectivity index (χ4v) is 0.625. The van der Waals surface area contributed by atoms with Crippen molar-refractivity contribution in [1.29, 1.82) is 0 Å². The average molecular weight is 259 g/mol. The van der Waals surface area contributed by atoms with Gasteiger partial charge in [0.05, 0.1) is 0 Å². The molecule has 0 aliphatic carbocycles. The third-order valence-electron chi connectivity index (χ3n) is 1.13. The summed E-state index contributed by atoms with van der Waals surface area (Å²) in [5, 5.41) is 0. The Morgan fingerprint density at radius 1 is 0.462 bits per heavy atom. The van der Waals surface area contributed by atoms with Gasteiger partial charge in [-0.3, -0.25) is 9.97 Å². The van der Waals surface area contributed by atoms with Crippen LogP contribution in [-0.4, -0.2) is 9.97 Å². The molecule has 0 radical (unpaired) electrons. The third kappa shape index (κ3) is 7.29. The maximum Gasteiger partial charge on any atom is 2.00 e. The zero-order valence-corrected chi connectivity index (χ0v) is 8.76. The molecule has 2 aromatic heterocycles. The molecule has 66 valence electrons. The summed E-state index contributed by atoms with van der Waals surface area (Å²) in [5.74, 6) is 0. The summed E-state index contributed by atoms with van der Waals surface area (Å²) in [7, 11) is 0. The quantitative estimate of drug-likeness (QED) is 0.678. The van der Waals surface area contributed by atoms with Gasteiger partial charge in [0.15, 0.2) is 0 Å². The van der Waals surface area contributed by atoms with E-state index in [0.29, 0.717) is 0 Å². The largest absolute Gasteiger partial charge is 2.00 e. The summed E-state index contributed by atoms with van der Waals surface area (Å²) in [6.45, 7) is 0. The van der Waals surface area contributed by atoms with Crippen molar-refractivity contribution < 1.29 is 19.5 Å². The van der Waals surface area contributed by atoms with Crippen LogP contribution in [0, 0.1) is 0 Å². The van der Waals surface area contributed by atoms with Crippen molar-refractivity contribution in [3.05, 3.63) is 61.2 Å². The summed E-state index contributed by atoms with van der Waals surface area (Å²) < 4.78 is 0. The second-order valence-corrected chi connectivity index (χ2v) is 2.05. The molecule has 0 aliphatic rings. The minimum absolute atomic E-state index is 0. The van der Waals surface area contributed by atoms with Gasteiger partial charge in [-0.1, -0.05) is 12.1 Å². The summed E-state index contributed by atoms with van der Waals surface area (Å²) in [5.41, 5.74) is 0. The zero-order valence-electron chi connectivity index (χ0n) is 7.02. The van der Waals surface area contributed by atoms with Crippen LogP contribution in [0.15, 0.2) is 61.2 Å². The van der Waals surface area contributed by atoms with Crippen molar-refractivity contribution in [2.45, 2.75) is 0 Å². The maximum atomic E-state index is 3.78. The Kier molecular flexibility index (Phi) is 8.27. The molecule has 0 N–H and O–H groups in total. The molecule has 0 atom stereocenters. The molecule has 0 aromatic carbocycles. The van der Waals surface area contributed by atoms with Crippen molar-refractivity contribution in [3.8, 4) is 0 Å². The van der Waals surface area contributed by atoms with Crippen molar-refractivity contribution in [3.63, 3.8) is 0 Å². The van der Waals surface area contributed by atoms with Gasteiger partial charge >= 0.3 is 19.5 Å². The van der Waals surface area contributed by atoms with Gasteiger partial charge in [-0.25, -0.2) is 0 Å². The van der Waals surface area contributed by atoms with Gasteiger partial charge in [-0.05, 0) is 24.3 Å². The SMILES string of the molecule is [Ru+2].c1ccncc1.c1ccncc1. The van der Waals surface area contributed by atoms with Gasteiger partial charge in [0.2, 0.25) is 0 Å². The minimum atomic E-state index is 0. The third-order valence-corrected chi connectivity index (χ3v) is 1.13. The van der Waals surface area contributed by atoms with E-state index in [1.807, 2.05) is 36.4 Å². The van der Waals surface area contributed by atoms with Crippen LogP contribution in [0.1, 0.15) is 0 Å². The Balaban J connectivity index is 0.000000206. The molecular formula is C10H10N2Ru+2. The Bertz CT molecular complexity index is 188. The first-order valence-electron chi connectivity index (χ1n) is 3.70. The molecule has 3 heteroatoms. The molecule has 2 heterocycles. The normalized spacial score (nSPS) is 7.38. The molecule has 0 aliphatic heterocycles. The van der Waals surface area contributed by atoms with Crippen LogP contribution in [0.5, 0.6) is 0 Å².